The van der Waals surface area contributed by atoms with Crippen molar-refractivity contribution < 1.29 is 4.79 Å². The van der Waals surface area contributed by atoms with E-state index in [2.05, 4.69) is 10.2 Å². The number of carbonyl (C=O) groups excluding carboxylic acids is 1. The highest BCUT2D eigenvalue weighted by Crippen LogP contribution is 2.29. The number of Topliss-reactive ketones (excluding diaryl/α,β-unsaturated/α-hetero) is 1. The van der Waals surface area contributed by atoms with Gasteiger partial charge in [-0.1, -0.05) is 35.9 Å². The second-order valence-corrected chi connectivity index (χ2v) is 8.97. The number of aryl methyl sites for hydroxylation is 1. The molecule has 1 aliphatic carbocycles. The summed E-state index contributed by atoms with van der Waals surface area (Å²) in [5, 5.41) is 3.33. The van der Waals surface area contributed by atoms with Crippen molar-refractivity contribution in [1.82, 2.24) is 24.0 Å². The molecule has 0 saturated carbocycles. The van der Waals surface area contributed by atoms with E-state index in [0.717, 1.165) is 41.9 Å². The molecule has 5 rings (SSSR count). The highest BCUT2D eigenvalue weighted by Gasteiger charge is 2.35. The first-order valence-corrected chi connectivity index (χ1v) is 11.3. The van der Waals surface area contributed by atoms with Crippen molar-refractivity contribution in [3.63, 3.8) is 0 Å². The van der Waals surface area contributed by atoms with Gasteiger partial charge in [0, 0.05) is 51.8 Å². The molecule has 0 amide bonds. The average Bonchev–Trinajstić information content (AvgIpc) is 3.36. The number of nitrogens with one attached hydrogen (secondary N) is 1. The molecular weight excluding hydrogens is 420 g/mol. The van der Waals surface area contributed by atoms with Gasteiger partial charge in [-0.2, -0.15) is 4.98 Å². The number of ketones is 1. The predicted octanol–water partition coefficient (Wildman–Crippen LogP) is 1.25. The van der Waals surface area contributed by atoms with Crippen molar-refractivity contribution in [1.29, 1.82) is 0 Å². The zero-order chi connectivity index (χ0) is 23.3. The molecule has 2 aromatic heterocycles. The standard InChI is InChI=1S/C24H28N6O3/c1-15(2)8-11-29-19-21(26-23(29)28-12-9-25-10-13-28)27(3)24(33)30(22(19)32)18-14-16-6-4-5-7-17(16)20(18)31/h4-8,18,25H,9-14H2,1-3H3. The molecule has 9 heteroatoms. The number of fused-ring (bicyclic) bond motifs is 2. The van der Waals surface area contributed by atoms with Gasteiger partial charge in [0.25, 0.3) is 5.56 Å². The fourth-order valence-corrected chi connectivity index (χ4v) is 4.78. The molecule has 2 aliphatic rings. The van der Waals surface area contributed by atoms with Crippen molar-refractivity contribution in [3.8, 4) is 0 Å². The molecule has 1 atom stereocenters. The average molecular weight is 449 g/mol. The first-order chi connectivity index (χ1) is 15.9. The largest absolute Gasteiger partial charge is 0.340 e. The Morgan fingerprint density at radius 1 is 1.15 bits per heavy atom. The van der Waals surface area contributed by atoms with E-state index in [1.165, 1.54) is 4.57 Å². The maximum Gasteiger partial charge on any atom is 0.333 e. The molecule has 9 nitrogen and oxygen atoms in total. The van der Waals surface area contributed by atoms with Crippen LogP contribution in [-0.2, 0) is 20.0 Å². The molecule has 33 heavy (non-hydrogen) atoms. The second-order valence-electron chi connectivity index (χ2n) is 8.97. The van der Waals surface area contributed by atoms with Gasteiger partial charge in [-0.25, -0.2) is 9.36 Å². The summed E-state index contributed by atoms with van der Waals surface area (Å²) in [5.74, 6) is 0.483. The van der Waals surface area contributed by atoms with E-state index < -0.39 is 17.3 Å². The summed E-state index contributed by atoms with van der Waals surface area (Å²) in [6.07, 6.45) is 2.38. The van der Waals surface area contributed by atoms with E-state index in [-0.39, 0.29) is 5.78 Å². The number of nitrogens with zero attached hydrogens (tertiary/aromatic N) is 5. The molecule has 1 unspecified atom stereocenters. The van der Waals surface area contributed by atoms with Gasteiger partial charge in [-0.05, 0) is 19.4 Å². The van der Waals surface area contributed by atoms with E-state index in [1.54, 1.807) is 19.2 Å². The van der Waals surface area contributed by atoms with Crippen molar-refractivity contribution in [2.45, 2.75) is 32.9 Å². The number of hydrogen-bond donors (Lipinski definition) is 1. The Morgan fingerprint density at radius 3 is 2.58 bits per heavy atom. The molecule has 1 fully saturated rings. The van der Waals surface area contributed by atoms with Crippen molar-refractivity contribution in [2.24, 2.45) is 7.05 Å². The second kappa shape index (κ2) is 8.15. The van der Waals surface area contributed by atoms with Gasteiger partial charge < -0.3 is 14.8 Å². The molecule has 1 aromatic carbocycles. The Labute approximate surface area is 191 Å². The van der Waals surface area contributed by atoms with Gasteiger partial charge in [-0.3, -0.25) is 14.2 Å². The van der Waals surface area contributed by atoms with Crippen LogP contribution < -0.4 is 21.5 Å². The Kier molecular flexibility index (Phi) is 5.28. The van der Waals surface area contributed by atoms with E-state index in [9.17, 15) is 14.4 Å². The lowest BCUT2D eigenvalue weighted by molar-refractivity contribution is 0.0937. The lowest BCUT2D eigenvalue weighted by Gasteiger charge is -2.28. The number of carbonyl (C=O) groups is 1. The van der Waals surface area contributed by atoms with E-state index in [4.69, 9.17) is 4.98 Å². The summed E-state index contributed by atoms with van der Waals surface area (Å²) in [7, 11) is 1.62. The van der Waals surface area contributed by atoms with Crippen LogP contribution in [-0.4, -0.2) is 50.6 Å². The van der Waals surface area contributed by atoms with Crippen molar-refractivity contribution >= 4 is 22.9 Å². The summed E-state index contributed by atoms with van der Waals surface area (Å²) in [6, 6.07) is 6.47. The number of benzene rings is 1. The number of aromatic nitrogens is 4. The van der Waals surface area contributed by atoms with Crippen molar-refractivity contribution in [3.05, 3.63) is 67.9 Å². The summed E-state index contributed by atoms with van der Waals surface area (Å²) in [4.78, 5) is 47.2. The predicted molar refractivity (Wildman–Crippen MR) is 127 cm³/mol. The molecule has 3 aromatic rings. The molecule has 1 N–H and O–H groups in total. The van der Waals surface area contributed by atoms with E-state index in [0.29, 0.717) is 35.6 Å². The van der Waals surface area contributed by atoms with Gasteiger partial charge in [0.15, 0.2) is 16.9 Å². The topological polar surface area (TPSA) is 94.2 Å². The third kappa shape index (κ3) is 3.43. The third-order valence-corrected chi connectivity index (χ3v) is 6.55. The van der Waals surface area contributed by atoms with E-state index in [1.807, 2.05) is 36.6 Å². The van der Waals surface area contributed by atoms with Gasteiger partial charge in [0.05, 0.1) is 0 Å². The number of piperazine rings is 1. The van der Waals surface area contributed by atoms with E-state index >= 15 is 0 Å². The molecule has 0 spiro atoms. The molecule has 1 saturated heterocycles. The van der Waals surface area contributed by atoms with Crippen LogP contribution in [0.3, 0.4) is 0 Å². The minimum atomic E-state index is -0.840. The number of hydrogen-bond acceptors (Lipinski definition) is 6. The van der Waals surface area contributed by atoms with Crippen LogP contribution in [0, 0.1) is 0 Å². The van der Waals surface area contributed by atoms with Crippen LogP contribution >= 0.6 is 0 Å². The molecule has 0 bridgehead atoms. The molecule has 0 radical (unpaired) electrons. The Balaban J connectivity index is 1.74. The smallest absolute Gasteiger partial charge is 0.333 e. The van der Waals surface area contributed by atoms with Crippen LogP contribution in [0.1, 0.15) is 35.8 Å². The van der Waals surface area contributed by atoms with Crippen LogP contribution in [0.4, 0.5) is 5.95 Å². The number of imidazole rings is 1. The first-order valence-electron chi connectivity index (χ1n) is 11.3. The summed E-state index contributed by atoms with van der Waals surface area (Å²) in [6.45, 7) is 7.64. The zero-order valence-electron chi connectivity index (χ0n) is 19.2. The summed E-state index contributed by atoms with van der Waals surface area (Å²) >= 11 is 0. The Morgan fingerprint density at radius 2 is 1.88 bits per heavy atom. The Hall–Kier alpha value is -3.46. The summed E-state index contributed by atoms with van der Waals surface area (Å²) < 4.78 is 4.42. The van der Waals surface area contributed by atoms with Gasteiger partial charge in [0.1, 0.15) is 6.04 Å². The molecule has 1 aliphatic heterocycles. The van der Waals surface area contributed by atoms with Crippen LogP contribution in [0.5, 0.6) is 0 Å². The SMILES string of the molecule is CC(C)=CCn1c(N2CCNCC2)nc2c1c(=O)n(C1Cc3ccccc3C1=O)c(=O)n2C. The van der Waals surface area contributed by atoms with Gasteiger partial charge >= 0.3 is 5.69 Å². The minimum Gasteiger partial charge on any atom is -0.340 e. The maximum absolute atomic E-state index is 13.8. The highest BCUT2D eigenvalue weighted by molar-refractivity contribution is 6.03. The monoisotopic (exact) mass is 448 g/mol. The van der Waals surface area contributed by atoms with Gasteiger partial charge in [-0.15, -0.1) is 0 Å². The Bertz CT molecular complexity index is 1400. The lowest BCUT2D eigenvalue weighted by atomic mass is 10.1. The molecule has 172 valence electrons. The fraction of sp³-hybridized carbons (Fsp3) is 0.417. The van der Waals surface area contributed by atoms with Crippen LogP contribution in [0.15, 0.2) is 45.5 Å². The molecule has 3 heterocycles. The first kappa shape index (κ1) is 21.4. The number of anilines is 1. The quantitative estimate of drug-likeness (QED) is 0.604. The maximum atomic E-state index is 13.8. The van der Waals surface area contributed by atoms with Crippen LogP contribution in [0.2, 0.25) is 0 Å². The normalized spacial score (nSPS) is 18.1. The fourth-order valence-electron chi connectivity index (χ4n) is 4.78. The van der Waals surface area contributed by atoms with Crippen LogP contribution in [0.25, 0.3) is 11.2 Å². The summed E-state index contributed by atoms with van der Waals surface area (Å²) in [5.41, 5.74) is 2.28. The van der Waals surface area contributed by atoms with Gasteiger partial charge in [0.2, 0.25) is 5.95 Å². The van der Waals surface area contributed by atoms with Crippen molar-refractivity contribution in [2.75, 3.05) is 31.1 Å². The minimum absolute atomic E-state index is 0.193. The lowest BCUT2D eigenvalue weighted by Crippen LogP contribution is -2.45. The highest BCUT2D eigenvalue weighted by atomic mass is 16.2. The third-order valence-electron chi connectivity index (χ3n) is 6.55. The zero-order valence-corrected chi connectivity index (χ0v) is 19.2. The number of allylic oxidation sites excluding steroid dienone is 2. The molecular formula is C24H28N6O3. The number of rotatable bonds is 4.